The lowest BCUT2D eigenvalue weighted by Crippen LogP contribution is -2.54. The van der Waals surface area contributed by atoms with Crippen molar-refractivity contribution in [1.82, 2.24) is 4.90 Å². The Morgan fingerprint density at radius 1 is 1.14 bits per heavy atom. The van der Waals surface area contributed by atoms with Crippen LogP contribution in [0.15, 0.2) is 48.5 Å². The molecule has 2 atom stereocenters. The Balaban J connectivity index is 2.04. The molecule has 3 N–H and O–H groups in total. The maximum atomic E-state index is 13.7. The summed E-state index contributed by atoms with van der Waals surface area (Å²) in [5.74, 6) is -4.90. The van der Waals surface area contributed by atoms with Gasteiger partial charge < -0.3 is 10.0 Å². The molecule has 150 valence electrons. The zero-order chi connectivity index (χ0) is 20.5. The molecule has 1 fully saturated rings. The molecule has 1 saturated heterocycles. The third-order valence-electron chi connectivity index (χ3n) is 4.57. The van der Waals surface area contributed by atoms with Gasteiger partial charge in [-0.25, -0.2) is 13.6 Å². The van der Waals surface area contributed by atoms with Crippen LogP contribution in [0.25, 0.3) is 0 Å². The fourth-order valence-electron chi connectivity index (χ4n) is 3.40. The highest BCUT2D eigenvalue weighted by Crippen LogP contribution is 2.49. The van der Waals surface area contributed by atoms with Gasteiger partial charge in [0.05, 0.1) is 11.8 Å². The summed E-state index contributed by atoms with van der Waals surface area (Å²) in [7, 11) is -3.35. The lowest BCUT2D eigenvalue weighted by molar-refractivity contribution is -0.151. The lowest BCUT2D eigenvalue weighted by atomic mass is 9.99. The fraction of sp³-hybridized carbons (Fsp3) is 0.263. The van der Waals surface area contributed by atoms with Gasteiger partial charge in [-0.15, -0.1) is 0 Å². The van der Waals surface area contributed by atoms with Gasteiger partial charge in [0.25, 0.3) is 0 Å². The van der Waals surface area contributed by atoms with Crippen molar-refractivity contribution in [2.24, 2.45) is 0 Å². The SMILES string of the molecule is O=C(O)C(Cc1ccccc1)N1C(=O)CS(O)(O)C[C@H]1c1cc(F)cc(F)c1. The molecule has 1 aliphatic heterocycles. The third-order valence-corrected chi connectivity index (χ3v) is 6.12. The number of rotatable bonds is 5. The van der Waals surface area contributed by atoms with Gasteiger partial charge in [0.15, 0.2) is 0 Å². The van der Waals surface area contributed by atoms with Gasteiger partial charge in [0, 0.05) is 12.5 Å². The molecule has 0 spiro atoms. The van der Waals surface area contributed by atoms with Crippen molar-refractivity contribution in [1.29, 1.82) is 0 Å². The molecule has 1 aliphatic rings. The predicted octanol–water partition coefficient (Wildman–Crippen LogP) is 3.29. The van der Waals surface area contributed by atoms with Crippen molar-refractivity contribution < 1.29 is 32.6 Å². The highest BCUT2D eigenvalue weighted by molar-refractivity contribution is 8.24. The number of carboxylic acid groups (broad SMARTS) is 1. The molecule has 6 nitrogen and oxygen atoms in total. The van der Waals surface area contributed by atoms with Crippen LogP contribution in [0.1, 0.15) is 17.2 Å². The van der Waals surface area contributed by atoms with Crippen molar-refractivity contribution >= 4 is 22.5 Å². The molecule has 9 heteroatoms. The number of hydrogen-bond acceptors (Lipinski definition) is 4. The van der Waals surface area contributed by atoms with Crippen molar-refractivity contribution in [2.75, 3.05) is 11.5 Å². The number of hydrogen-bond donors (Lipinski definition) is 3. The second-order valence-corrected chi connectivity index (χ2v) is 8.90. The van der Waals surface area contributed by atoms with E-state index in [1.807, 2.05) is 0 Å². The molecule has 3 rings (SSSR count). The topological polar surface area (TPSA) is 98.1 Å². The smallest absolute Gasteiger partial charge is 0.326 e. The van der Waals surface area contributed by atoms with Crippen LogP contribution in [0, 0.1) is 11.6 Å². The summed E-state index contributed by atoms with van der Waals surface area (Å²) in [4.78, 5) is 25.6. The molecule has 0 radical (unpaired) electrons. The van der Waals surface area contributed by atoms with Gasteiger partial charge in [-0.3, -0.25) is 13.9 Å². The summed E-state index contributed by atoms with van der Waals surface area (Å²) in [6, 6.07) is 8.69. The molecule has 2 aromatic rings. The maximum Gasteiger partial charge on any atom is 0.326 e. The number of carbonyl (C=O) groups is 2. The molecule has 0 bridgehead atoms. The second kappa shape index (κ2) is 7.86. The highest BCUT2D eigenvalue weighted by atomic mass is 32.3. The normalized spacial score (nSPS) is 21.2. The molecular weight excluding hydrogens is 392 g/mol. The molecule has 2 aromatic carbocycles. The van der Waals surface area contributed by atoms with E-state index < -0.39 is 51.9 Å². The van der Waals surface area contributed by atoms with E-state index in [4.69, 9.17) is 0 Å². The van der Waals surface area contributed by atoms with Crippen LogP contribution in [0.3, 0.4) is 0 Å². The Hall–Kier alpha value is -2.49. The van der Waals surface area contributed by atoms with Crippen LogP contribution in [0.5, 0.6) is 0 Å². The van der Waals surface area contributed by atoms with E-state index in [-0.39, 0.29) is 17.7 Å². The number of aliphatic carboxylic acids is 1. The monoisotopic (exact) mass is 411 g/mol. The lowest BCUT2D eigenvalue weighted by Gasteiger charge is -2.47. The summed E-state index contributed by atoms with van der Waals surface area (Å²) in [6.07, 6.45) is -0.0323. The average Bonchev–Trinajstić information content (AvgIpc) is 2.59. The first kappa shape index (κ1) is 20.2. The molecule has 0 saturated carbocycles. The van der Waals surface area contributed by atoms with Crippen molar-refractivity contribution in [3.05, 3.63) is 71.3 Å². The molecule has 1 amide bonds. The van der Waals surface area contributed by atoms with Crippen LogP contribution in [0.2, 0.25) is 0 Å². The number of nitrogens with zero attached hydrogens (tertiary/aromatic N) is 1. The van der Waals surface area contributed by atoms with E-state index in [1.54, 1.807) is 30.3 Å². The minimum absolute atomic E-state index is 0.0233. The summed E-state index contributed by atoms with van der Waals surface area (Å²) >= 11 is 0. The largest absolute Gasteiger partial charge is 0.480 e. The Bertz CT molecular complexity index is 873. The van der Waals surface area contributed by atoms with Gasteiger partial charge >= 0.3 is 5.97 Å². The predicted molar refractivity (Wildman–Crippen MR) is 100 cm³/mol. The van der Waals surface area contributed by atoms with E-state index in [1.165, 1.54) is 0 Å². The minimum Gasteiger partial charge on any atom is -0.480 e. The Labute approximate surface area is 161 Å². The fourth-order valence-corrected chi connectivity index (χ4v) is 4.92. The molecule has 28 heavy (non-hydrogen) atoms. The number of amides is 1. The standard InChI is InChI=1S/C19H19F2NO5S/c20-14-7-13(8-15(21)9-14)17-10-28(26,27)11-18(23)22(17)16(19(24)25)6-12-4-2-1-3-5-12/h1-5,7-9,16-17,26-27H,6,10-11H2,(H,24,25)/t16?,17-/m0/s1. The van der Waals surface area contributed by atoms with E-state index in [2.05, 4.69) is 0 Å². The summed E-state index contributed by atoms with van der Waals surface area (Å²) in [5.41, 5.74) is 0.633. The van der Waals surface area contributed by atoms with Gasteiger partial charge in [0.2, 0.25) is 5.91 Å². The Kier molecular flexibility index (Phi) is 5.69. The number of halogens is 2. The van der Waals surface area contributed by atoms with Crippen LogP contribution in [0.4, 0.5) is 8.78 Å². The van der Waals surface area contributed by atoms with E-state index in [0.29, 0.717) is 11.6 Å². The first-order valence-corrected chi connectivity index (χ1v) is 10.3. The van der Waals surface area contributed by atoms with E-state index in [9.17, 15) is 32.6 Å². The van der Waals surface area contributed by atoms with E-state index >= 15 is 0 Å². The van der Waals surface area contributed by atoms with Crippen molar-refractivity contribution in [2.45, 2.75) is 18.5 Å². The van der Waals surface area contributed by atoms with Gasteiger partial charge in [-0.05, 0) is 23.3 Å². The highest BCUT2D eigenvalue weighted by Gasteiger charge is 2.43. The minimum atomic E-state index is -3.35. The van der Waals surface area contributed by atoms with Gasteiger partial charge in [-0.1, -0.05) is 30.3 Å². The van der Waals surface area contributed by atoms with Crippen LogP contribution >= 0.6 is 10.6 Å². The first-order valence-electron chi connectivity index (χ1n) is 8.44. The summed E-state index contributed by atoms with van der Waals surface area (Å²) < 4.78 is 47.7. The molecule has 0 aliphatic carbocycles. The zero-order valence-electron chi connectivity index (χ0n) is 14.7. The number of carbonyl (C=O) groups excluding carboxylic acids is 1. The molecular formula is C19H19F2NO5S. The van der Waals surface area contributed by atoms with Gasteiger partial charge in [-0.2, -0.15) is 10.6 Å². The molecule has 1 heterocycles. The van der Waals surface area contributed by atoms with E-state index in [0.717, 1.165) is 17.0 Å². The maximum absolute atomic E-state index is 13.7. The van der Waals surface area contributed by atoms with Crippen LogP contribution < -0.4 is 0 Å². The average molecular weight is 411 g/mol. The summed E-state index contributed by atoms with van der Waals surface area (Å²) in [6.45, 7) is 0. The second-order valence-electron chi connectivity index (χ2n) is 6.68. The number of carboxylic acids is 1. The molecule has 0 aromatic heterocycles. The van der Waals surface area contributed by atoms with Crippen LogP contribution in [-0.4, -0.2) is 48.5 Å². The van der Waals surface area contributed by atoms with Gasteiger partial charge in [0.1, 0.15) is 23.4 Å². The van der Waals surface area contributed by atoms with Crippen LogP contribution in [-0.2, 0) is 16.0 Å². The Morgan fingerprint density at radius 3 is 2.32 bits per heavy atom. The molecule has 1 unspecified atom stereocenters. The van der Waals surface area contributed by atoms with Crippen molar-refractivity contribution in [3.63, 3.8) is 0 Å². The summed E-state index contributed by atoms with van der Waals surface area (Å²) in [5, 5.41) is 9.75. The third kappa shape index (κ3) is 4.49. The number of benzene rings is 2. The zero-order valence-corrected chi connectivity index (χ0v) is 15.5. The Morgan fingerprint density at radius 2 is 1.75 bits per heavy atom. The first-order chi connectivity index (χ1) is 13.2. The van der Waals surface area contributed by atoms with Crippen molar-refractivity contribution in [3.8, 4) is 0 Å². The quantitative estimate of drug-likeness (QED) is 0.701.